The summed E-state index contributed by atoms with van der Waals surface area (Å²) in [5.74, 6) is 1.54. The van der Waals surface area contributed by atoms with Crippen LogP contribution in [0.4, 0.5) is 5.69 Å². The molecule has 0 radical (unpaired) electrons. The van der Waals surface area contributed by atoms with Crippen LogP contribution >= 0.6 is 0 Å². The fourth-order valence-electron chi connectivity index (χ4n) is 2.27. The second-order valence-corrected chi connectivity index (χ2v) is 4.77. The third-order valence-corrected chi connectivity index (χ3v) is 3.23. The predicted molar refractivity (Wildman–Crippen MR) is 84.0 cm³/mol. The maximum atomic E-state index is 5.64. The van der Waals surface area contributed by atoms with Crippen LogP contribution in [-0.4, -0.2) is 23.0 Å². The highest BCUT2D eigenvalue weighted by molar-refractivity contribution is 5.55. The largest absolute Gasteiger partial charge is 0.490 e. The first-order valence-electron chi connectivity index (χ1n) is 7.29. The van der Waals surface area contributed by atoms with E-state index in [-0.39, 0.29) is 6.04 Å². The predicted octanol–water partition coefficient (Wildman–Crippen LogP) is 3.39. The molecule has 0 aliphatic rings. The molecule has 0 saturated carbocycles. The average molecular weight is 289 g/mol. The SMILES string of the molecule is CCOc1ccc(NC(C)c2ccnn2C)cc1OCC. The smallest absolute Gasteiger partial charge is 0.163 e. The Hall–Kier alpha value is -2.17. The molecule has 0 amide bonds. The Morgan fingerprint density at radius 3 is 2.48 bits per heavy atom. The van der Waals surface area contributed by atoms with Crippen molar-refractivity contribution in [1.29, 1.82) is 0 Å². The lowest BCUT2D eigenvalue weighted by molar-refractivity contribution is 0.288. The Bertz CT molecular complexity index is 581. The van der Waals surface area contributed by atoms with E-state index in [1.807, 2.05) is 49.8 Å². The summed E-state index contributed by atoms with van der Waals surface area (Å²) in [7, 11) is 1.94. The summed E-state index contributed by atoms with van der Waals surface area (Å²) in [5.41, 5.74) is 2.12. The maximum absolute atomic E-state index is 5.64. The molecule has 1 unspecified atom stereocenters. The fourth-order valence-corrected chi connectivity index (χ4v) is 2.27. The maximum Gasteiger partial charge on any atom is 0.163 e. The lowest BCUT2D eigenvalue weighted by Gasteiger charge is -2.18. The normalized spacial score (nSPS) is 12.0. The van der Waals surface area contributed by atoms with Crippen LogP contribution in [0.3, 0.4) is 0 Å². The van der Waals surface area contributed by atoms with E-state index in [1.54, 1.807) is 6.20 Å². The number of hydrogen-bond acceptors (Lipinski definition) is 4. The number of ether oxygens (including phenoxy) is 2. The first kappa shape index (κ1) is 15.2. The van der Waals surface area contributed by atoms with Gasteiger partial charge >= 0.3 is 0 Å². The molecule has 0 aliphatic carbocycles. The highest BCUT2D eigenvalue weighted by Crippen LogP contribution is 2.32. The second-order valence-electron chi connectivity index (χ2n) is 4.77. The van der Waals surface area contributed by atoms with Gasteiger partial charge in [0.1, 0.15) is 0 Å². The van der Waals surface area contributed by atoms with Crippen LogP contribution in [-0.2, 0) is 7.05 Å². The first-order chi connectivity index (χ1) is 10.2. The van der Waals surface area contributed by atoms with Crippen molar-refractivity contribution in [3.63, 3.8) is 0 Å². The molecule has 0 bridgehead atoms. The fraction of sp³-hybridized carbons (Fsp3) is 0.438. The second kappa shape index (κ2) is 7.02. The first-order valence-corrected chi connectivity index (χ1v) is 7.29. The molecule has 1 atom stereocenters. The molecule has 0 aliphatic heterocycles. The topological polar surface area (TPSA) is 48.3 Å². The van der Waals surface area contributed by atoms with Gasteiger partial charge in [0.25, 0.3) is 0 Å². The van der Waals surface area contributed by atoms with Crippen LogP contribution in [0.25, 0.3) is 0 Å². The lowest BCUT2D eigenvalue weighted by Crippen LogP contribution is -2.11. The Kier molecular flexibility index (Phi) is 5.09. The van der Waals surface area contributed by atoms with Crippen LogP contribution in [0.5, 0.6) is 11.5 Å². The number of rotatable bonds is 7. The lowest BCUT2D eigenvalue weighted by atomic mass is 10.2. The highest BCUT2D eigenvalue weighted by Gasteiger charge is 2.11. The number of aromatic nitrogens is 2. The zero-order valence-corrected chi connectivity index (χ0v) is 13.1. The summed E-state index contributed by atoms with van der Waals surface area (Å²) in [6.45, 7) is 7.27. The molecule has 1 heterocycles. The Labute approximate surface area is 125 Å². The van der Waals surface area contributed by atoms with Gasteiger partial charge in [0.15, 0.2) is 11.5 Å². The van der Waals surface area contributed by atoms with Crippen molar-refractivity contribution >= 4 is 5.69 Å². The van der Waals surface area contributed by atoms with Crippen molar-refractivity contribution in [2.45, 2.75) is 26.8 Å². The van der Waals surface area contributed by atoms with Gasteiger partial charge in [-0.05, 0) is 39.0 Å². The van der Waals surface area contributed by atoms with E-state index in [4.69, 9.17) is 9.47 Å². The minimum absolute atomic E-state index is 0.157. The molecular weight excluding hydrogens is 266 g/mol. The molecule has 21 heavy (non-hydrogen) atoms. The van der Waals surface area contributed by atoms with E-state index in [9.17, 15) is 0 Å². The third kappa shape index (κ3) is 3.68. The molecule has 5 nitrogen and oxygen atoms in total. The van der Waals surface area contributed by atoms with Gasteiger partial charge in [-0.15, -0.1) is 0 Å². The average Bonchev–Trinajstić information content (AvgIpc) is 2.88. The van der Waals surface area contributed by atoms with Crippen LogP contribution in [0.15, 0.2) is 30.5 Å². The molecule has 114 valence electrons. The zero-order chi connectivity index (χ0) is 15.2. The van der Waals surface area contributed by atoms with Crippen molar-refractivity contribution in [1.82, 2.24) is 9.78 Å². The summed E-state index contributed by atoms with van der Waals surface area (Å²) in [6.07, 6.45) is 1.80. The molecule has 0 spiro atoms. The van der Waals surface area contributed by atoms with Gasteiger partial charge in [-0.2, -0.15) is 5.10 Å². The standard InChI is InChI=1S/C16H23N3O2/c1-5-20-15-8-7-13(11-16(15)21-6-2)18-12(3)14-9-10-17-19(14)4/h7-12,18H,5-6H2,1-4H3. The van der Waals surface area contributed by atoms with Crippen LogP contribution in [0.1, 0.15) is 32.5 Å². The van der Waals surface area contributed by atoms with Gasteiger partial charge in [0.05, 0.1) is 24.9 Å². The van der Waals surface area contributed by atoms with Gasteiger partial charge in [-0.3, -0.25) is 4.68 Å². The van der Waals surface area contributed by atoms with E-state index >= 15 is 0 Å². The number of aryl methyl sites for hydroxylation is 1. The van der Waals surface area contributed by atoms with Gasteiger partial charge in [0.2, 0.25) is 0 Å². The van der Waals surface area contributed by atoms with Crippen LogP contribution in [0.2, 0.25) is 0 Å². The summed E-state index contributed by atoms with van der Waals surface area (Å²) < 4.78 is 13.1. The van der Waals surface area contributed by atoms with Crippen molar-refractivity contribution < 1.29 is 9.47 Å². The number of nitrogens with one attached hydrogen (secondary N) is 1. The molecule has 5 heteroatoms. The minimum Gasteiger partial charge on any atom is -0.490 e. The molecule has 1 aromatic heterocycles. The highest BCUT2D eigenvalue weighted by atomic mass is 16.5. The van der Waals surface area contributed by atoms with Crippen molar-refractivity contribution in [3.05, 3.63) is 36.2 Å². The number of benzene rings is 1. The van der Waals surface area contributed by atoms with Crippen molar-refractivity contribution in [2.75, 3.05) is 18.5 Å². The van der Waals surface area contributed by atoms with Gasteiger partial charge in [0, 0.05) is 25.0 Å². The Balaban J connectivity index is 2.16. The molecule has 0 fully saturated rings. The zero-order valence-electron chi connectivity index (χ0n) is 13.1. The summed E-state index contributed by atoms with van der Waals surface area (Å²) >= 11 is 0. The van der Waals surface area contributed by atoms with Crippen molar-refractivity contribution in [2.24, 2.45) is 7.05 Å². The summed E-state index contributed by atoms with van der Waals surface area (Å²) in [5, 5.41) is 7.65. The van der Waals surface area contributed by atoms with Gasteiger partial charge < -0.3 is 14.8 Å². The quantitative estimate of drug-likeness (QED) is 0.848. The van der Waals surface area contributed by atoms with E-state index in [2.05, 4.69) is 17.3 Å². The molecule has 2 aromatic rings. The number of anilines is 1. The van der Waals surface area contributed by atoms with E-state index in [0.717, 1.165) is 22.9 Å². The Morgan fingerprint density at radius 1 is 1.14 bits per heavy atom. The molecule has 1 aromatic carbocycles. The number of hydrogen-bond donors (Lipinski definition) is 1. The van der Waals surface area contributed by atoms with Gasteiger partial charge in [-0.1, -0.05) is 0 Å². The summed E-state index contributed by atoms with van der Waals surface area (Å²) in [6, 6.07) is 8.08. The third-order valence-electron chi connectivity index (χ3n) is 3.23. The van der Waals surface area contributed by atoms with Crippen LogP contribution < -0.4 is 14.8 Å². The molecular formula is C16H23N3O2. The minimum atomic E-state index is 0.157. The van der Waals surface area contributed by atoms with Gasteiger partial charge in [-0.25, -0.2) is 0 Å². The van der Waals surface area contributed by atoms with E-state index in [0.29, 0.717) is 13.2 Å². The molecule has 2 rings (SSSR count). The monoisotopic (exact) mass is 289 g/mol. The molecule has 1 N–H and O–H groups in total. The molecule has 0 saturated heterocycles. The number of nitrogens with zero attached hydrogens (tertiary/aromatic N) is 2. The van der Waals surface area contributed by atoms with E-state index < -0.39 is 0 Å². The van der Waals surface area contributed by atoms with E-state index in [1.165, 1.54) is 0 Å². The van der Waals surface area contributed by atoms with Crippen LogP contribution in [0, 0.1) is 0 Å². The summed E-state index contributed by atoms with van der Waals surface area (Å²) in [4.78, 5) is 0. The van der Waals surface area contributed by atoms with Crippen molar-refractivity contribution in [3.8, 4) is 11.5 Å². The Morgan fingerprint density at radius 2 is 1.86 bits per heavy atom.